The Morgan fingerprint density at radius 3 is 2.17 bits per heavy atom. The zero-order chi connectivity index (χ0) is 17.5. The van der Waals surface area contributed by atoms with E-state index in [1.165, 1.54) is 13.8 Å². The first-order valence-corrected chi connectivity index (χ1v) is 7.32. The molecule has 1 rings (SSSR count). The van der Waals surface area contributed by atoms with E-state index in [-0.39, 0.29) is 0 Å². The molecule has 0 aromatic heterocycles. The van der Waals surface area contributed by atoms with Crippen molar-refractivity contribution in [2.45, 2.75) is 46.1 Å². The Hall–Kier alpha value is -2.37. The summed E-state index contributed by atoms with van der Waals surface area (Å²) in [7, 11) is 1.61. The third kappa shape index (κ3) is 6.50. The number of aryl methyl sites for hydroxylation is 1. The second-order valence-electron chi connectivity index (χ2n) is 5.57. The Balaban J connectivity index is 2.85. The number of rotatable bonds is 7. The van der Waals surface area contributed by atoms with E-state index in [1.54, 1.807) is 21.0 Å². The maximum Gasteiger partial charge on any atom is 0.331 e. The lowest BCUT2D eigenvalue weighted by Crippen LogP contribution is -2.37. The molecule has 0 radical (unpaired) electrons. The molecule has 0 heterocycles. The van der Waals surface area contributed by atoms with Crippen molar-refractivity contribution >= 4 is 17.7 Å². The number of methoxy groups -OCH3 is 1. The fraction of sp³-hybridized carbons (Fsp3) is 0.471. The third-order valence-electron chi connectivity index (χ3n) is 3.19. The third-order valence-corrected chi connectivity index (χ3v) is 3.19. The standard InChI is InChI=1S/C17H23NO5/c1-12(19)22-17(3,4)16(18-23-13(2)20)11-8-14-6-9-15(21-5)10-7-14/h6-7,9-10H,8,11H2,1-5H3/b18-16+. The van der Waals surface area contributed by atoms with Crippen LogP contribution in [0.4, 0.5) is 0 Å². The Kier molecular flexibility index (Phi) is 6.75. The van der Waals surface area contributed by atoms with Gasteiger partial charge in [-0.2, -0.15) is 0 Å². The van der Waals surface area contributed by atoms with Crippen molar-refractivity contribution in [2.75, 3.05) is 7.11 Å². The first kappa shape index (κ1) is 18.7. The van der Waals surface area contributed by atoms with Crippen LogP contribution in [0.3, 0.4) is 0 Å². The van der Waals surface area contributed by atoms with Gasteiger partial charge in [0.25, 0.3) is 0 Å². The van der Waals surface area contributed by atoms with Gasteiger partial charge >= 0.3 is 11.9 Å². The molecule has 0 amide bonds. The molecule has 0 fully saturated rings. The number of benzene rings is 1. The summed E-state index contributed by atoms with van der Waals surface area (Å²) in [4.78, 5) is 27.0. The van der Waals surface area contributed by atoms with Crippen LogP contribution in [0, 0.1) is 0 Å². The van der Waals surface area contributed by atoms with Gasteiger partial charge in [0.15, 0.2) is 0 Å². The van der Waals surface area contributed by atoms with Gasteiger partial charge in [-0.05, 0) is 44.4 Å². The normalized spacial score (nSPS) is 11.8. The average Bonchev–Trinajstić information content (AvgIpc) is 2.45. The van der Waals surface area contributed by atoms with Gasteiger partial charge in [-0.1, -0.05) is 17.3 Å². The molecular formula is C17H23NO5. The molecule has 0 aliphatic carbocycles. The van der Waals surface area contributed by atoms with Crippen molar-refractivity contribution in [3.05, 3.63) is 29.8 Å². The number of carbonyl (C=O) groups is 2. The summed E-state index contributed by atoms with van der Waals surface area (Å²) >= 11 is 0. The van der Waals surface area contributed by atoms with Gasteiger partial charge in [-0.25, -0.2) is 4.79 Å². The Labute approximate surface area is 136 Å². The van der Waals surface area contributed by atoms with E-state index in [4.69, 9.17) is 14.3 Å². The van der Waals surface area contributed by atoms with Crippen molar-refractivity contribution in [3.8, 4) is 5.75 Å². The average molecular weight is 321 g/mol. The number of carbonyl (C=O) groups excluding carboxylic acids is 2. The molecule has 0 bridgehead atoms. The molecule has 0 N–H and O–H groups in total. The lowest BCUT2D eigenvalue weighted by atomic mass is 9.96. The van der Waals surface area contributed by atoms with Crippen LogP contribution in [0.15, 0.2) is 29.4 Å². The van der Waals surface area contributed by atoms with Gasteiger partial charge in [-0.3, -0.25) is 4.79 Å². The highest BCUT2D eigenvalue weighted by Gasteiger charge is 2.29. The van der Waals surface area contributed by atoms with E-state index in [2.05, 4.69) is 5.16 Å². The van der Waals surface area contributed by atoms with Gasteiger partial charge in [-0.15, -0.1) is 0 Å². The van der Waals surface area contributed by atoms with Gasteiger partial charge in [0.05, 0.1) is 7.11 Å². The van der Waals surface area contributed by atoms with Crippen LogP contribution >= 0.6 is 0 Å². The molecule has 6 heteroatoms. The minimum atomic E-state index is -0.951. The SMILES string of the molecule is COc1ccc(CC/C(=N\OC(C)=O)C(C)(C)OC(C)=O)cc1. The second-order valence-corrected chi connectivity index (χ2v) is 5.57. The van der Waals surface area contributed by atoms with E-state index in [0.29, 0.717) is 18.6 Å². The van der Waals surface area contributed by atoms with E-state index >= 15 is 0 Å². The second kappa shape index (κ2) is 8.31. The number of hydrogen-bond acceptors (Lipinski definition) is 6. The van der Waals surface area contributed by atoms with Crippen LogP contribution in [-0.2, 0) is 25.6 Å². The minimum Gasteiger partial charge on any atom is -0.497 e. The lowest BCUT2D eigenvalue weighted by molar-refractivity contribution is -0.148. The highest BCUT2D eigenvalue weighted by molar-refractivity contribution is 5.93. The van der Waals surface area contributed by atoms with E-state index in [0.717, 1.165) is 11.3 Å². The molecular weight excluding hydrogens is 298 g/mol. The van der Waals surface area contributed by atoms with E-state index < -0.39 is 17.5 Å². The van der Waals surface area contributed by atoms with E-state index in [9.17, 15) is 9.59 Å². The topological polar surface area (TPSA) is 74.2 Å². The molecule has 6 nitrogen and oxygen atoms in total. The van der Waals surface area contributed by atoms with Crippen LogP contribution in [-0.4, -0.2) is 30.4 Å². The van der Waals surface area contributed by atoms with E-state index in [1.807, 2.05) is 24.3 Å². The summed E-state index contributed by atoms with van der Waals surface area (Å²) in [5, 5.41) is 3.86. The monoisotopic (exact) mass is 321 g/mol. The molecule has 1 aromatic carbocycles. The number of hydrogen-bond donors (Lipinski definition) is 0. The largest absolute Gasteiger partial charge is 0.497 e. The molecule has 1 aromatic rings. The van der Waals surface area contributed by atoms with Gasteiger partial charge in [0.2, 0.25) is 0 Å². The number of ether oxygens (including phenoxy) is 2. The van der Waals surface area contributed by atoms with Gasteiger partial charge in [0, 0.05) is 13.8 Å². The Bertz CT molecular complexity index is 575. The fourth-order valence-electron chi connectivity index (χ4n) is 2.05. The molecule has 0 saturated heterocycles. The van der Waals surface area contributed by atoms with Crippen LogP contribution in [0.5, 0.6) is 5.75 Å². The van der Waals surface area contributed by atoms with Crippen molar-refractivity contribution in [1.29, 1.82) is 0 Å². The molecule has 0 saturated carbocycles. The van der Waals surface area contributed by atoms with Crippen molar-refractivity contribution < 1.29 is 23.9 Å². The van der Waals surface area contributed by atoms with Gasteiger partial charge in [0.1, 0.15) is 17.1 Å². The molecule has 0 aliphatic heterocycles. The zero-order valence-corrected chi connectivity index (χ0v) is 14.2. The molecule has 23 heavy (non-hydrogen) atoms. The maximum absolute atomic E-state index is 11.2. The molecule has 0 aliphatic rings. The summed E-state index contributed by atoms with van der Waals surface area (Å²) in [6.45, 7) is 6.02. The van der Waals surface area contributed by atoms with Crippen LogP contribution < -0.4 is 4.74 Å². The fourth-order valence-corrected chi connectivity index (χ4v) is 2.05. The molecule has 0 spiro atoms. The zero-order valence-electron chi connectivity index (χ0n) is 14.2. The summed E-state index contributed by atoms with van der Waals surface area (Å²) in [5.74, 6) is -0.164. The number of oxime groups is 1. The molecule has 0 unspecified atom stereocenters. The number of esters is 1. The Morgan fingerprint density at radius 2 is 1.70 bits per heavy atom. The Morgan fingerprint density at radius 1 is 1.09 bits per heavy atom. The number of nitrogens with zero attached hydrogens (tertiary/aromatic N) is 1. The molecule has 0 atom stereocenters. The highest BCUT2D eigenvalue weighted by atomic mass is 16.7. The van der Waals surface area contributed by atoms with Crippen molar-refractivity contribution in [3.63, 3.8) is 0 Å². The highest BCUT2D eigenvalue weighted by Crippen LogP contribution is 2.19. The minimum absolute atomic E-state index is 0.421. The summed E-state index contributed by atoms with van der Waals surface area (Å²) in [5.41, 5.74) is 0.604. The predicted octanol–water partition coefficient (Wildman–Crippen LogP) is 2.89. The summed E-state index contributed by atoms with van der Waals surface area (Å²) in [6, 6.07) is 7.63. The van der Waals surface area contributed by atoms with Gasteiger partial charge < -0.3 is 14.3 Å². The summed E-state index contributed by atoms with van der Waals surface area (Å²) in [6.07, 6.45) is 1.15. The molecule has 126 valence electrons. The van der Waals surface area contributed by atoms with Crippen molar-refractivity contribution in [1.82, 2.24) is 0 Å². The first-order chi connectivity index (χ1) is 10.7. The predicted molar refractivity (Wildman–Crippen MR) is 86.4 cm³/mol. The van der Waals surface area contributed by atoms with Crippen LogP contribution in [0.1, 0.15) is 39.7 Å². The quantitative estimate of drug-likeness (QED) is 0.334. The maximum atomic E-state index is 11.2. The first-order valence-electron chi connectivity index (χ1n) is 7.32. The van der Waals surface area contributed by atoms with Crippen LogP contribution in [0.25, 0.3) is 0 Å². The smallest absolute Gasteiger partial charge is 0.331 e. The lowest BCUT2D eigenvalue weighted by Gasteiger charge is -2.25. The summed E-state index contributed by atoms with van der Waals surface area (Å²) < 4.78 is 10.4. The van der Waals surface area contributed by atoms with Crippen LogP contribution in [0.2, 0.25) is 0 Å². The van der Waals surface area contributed by atoms with Crippen molar-refractivity contribution in [2.24, 2.45) is 5.16 Å².